The second-order valence-corrected chi connectivity index (χ2v) is 11.6. The Balaban J connectivity index is 1.26. The first-order valence-corrected chi connectivity index (χ1v) is 14.9. The van der Waals surface area contributed by atoms with Crippen molar-refractivity contribution < 1.29 is 14.3 Å². The fourth-order valence-electron chi connectivity index (χ4n) is 5.45. The van der Waals surface area contributed by atoms with Gasteiger partial charge in [0, 0.05) is 48.4 Å². The van der Waals surface area contributed by atoms with E-state index in [-0.39, 0.29) is 11.8 Å². The Labute approximate surface area is 251 Å². The van der Waals surface area contributed by atoms with E-state index < -0.39 is 0 Å². The molecule has 6 nitrogen and oxygen atoms in total. The number of carbonyl (C=O) groups is 2. The lowest BCUT2D eigenvalue weighted by molar-refractivity contribution is -0.114. The van der Waals surface area contributed by atoms with Crippen molar-refractivity contribution >= 4 is 41.0 Å². The molecular weight excluding hydrogens is 542 g/mol. The van der Waals surface area contributed by atoms with Gasteiger partial charge < -0.3 is 19.4 Å². The van der Waals surface area contributed by atoms with Gasteiger partial charge in [0.15, 0.2) is 0 Å². The summed E-state index contributed by atoms with van der Waals surface area (Å²) < 4.78 is 5.38. The summed E-state index contributed by atoms with van der Waals surface area (Å²) in [6.45, 7) is 5.21. The highest BCUT2D eigenvalue weighted by atomic mass is 32.2. The van der Waals surface area contributed by atoms with E-state index in [1.165, 1.54) is 11.8 Å². The second kappa shape index (κ2) is 12.2. The molecule has 1 fully saturated rings. The molecule has 212 valence electrons. The average molecular weight is 576 g/mol. The zero-order chi connectivity index (χ0) is 29.1. The minimum absolute atomic E-state index is 0.0123. The first-order chi connectivity index (χ1) is 20.5. The van der Waals surface area contributed by atoms with Crippen LogP contribution in [0.1, 0.15) is 27.0 Å². The number of aryl methyl sites for hydroxylation is 1. The van der Waals surface area contributed by atoms with Crippen LogP contribution in [-0.2, 0) is 11.3 Å². The van der Waals surface area contributed by atoms with Crippen molar-refractivity contribution in [2.45, 2.75) is 18.4 Å². The number of ether oxygens (including phenoxy) is 1. The largest absolute Gasteiger partial charge is 0.497 e. The monoisotopic (exact) mass is 575 g/mol. The molecule has 0 unspecified atom stereocenters. The molecule has 0 N–H and O–H groups in total. The molecule has 2 heterocycles. The van der Waals surface area contributed by atoms with Crippen LogP contribution in [0.3, 0.4) is 0 Å². The molecule has 0 aliphatic carbocycles. The van der Waals surface area contributed by atoms with Crippen LogP contribution < -0.4 is 14.5 Å². The van der Waals surface area contributed by atoms with Gasteiger partial charge in [0.05, 0.1) is 24.2 Å². The van der Waals surface area contributed by atoms with Crippen molar-refractivity contribution in [1.29, 1.82) is 0 Å². The van der Waals surface area contributed by atoms with E-state index in [4.69, 9.17) is 4.74 Å². The Bertz CT molecular complexity index is 1640. The van der Waals surface area contributed by atoms with Gasteiger partial charge in [-0.3, -0.25) is 9.59 Å². The predicted molar refractivity (Wildman–Crippen MR) is 170 cm³/mol. The van der Waals surface area contributed by atoms with E-state index in [2.05, 4.69) is 30.0 Å². The van der Waals surface area contributed by atoms with Gasteiger partial charge in [-0.25, -0.2) is 0 Å². The Morgan fingerprint density at radius 1 is 0.881 bits per heavy atom. The highest BCUT2D eigenvalue weighted by molar-refractivity contribution is 8.04. The van der Waals surface area contributed by atoms with Crippen molar-refractivity contribution in [3.05, 3.63) is 124 Å². The standard InChI is InChI=1S/C35H33N3O3S/c1-25-8-6-11-27(20-25)24-38-31-22-28(14-15-32(31)42-33(35(38)40)21-26-9-4-3-5-10-26)34(39)37-18-16-36(17-19-37)29-12-7-13-30(23-29)41-2/h3-15,20-23H,16-19,24H2,1-2H3/b33-21-. The zero-order valence-electron chi connectivity index (χ0n) is 23.8. The van der Waals surface area contributed by atoms with E-state index >= 15 is 0 Å². The Kier molecular flexibility index (Phi) is 8.02. The van der Waals surface area contributed by atoms with Gasteiger partial charge in [0.25, 0.3) is 11.8 Å². The number of nitrogens with zero attached hydrogens (tertiary/aromatic N) is 3. The molecule has 0 bridgehead atoms. The molecule has 0 spiro atoms. The molecule has 0 radical (unpaired) electrons. The number of anilines is 2. The Hall–Kier alpha value is -4.49. The topological polar surface area (TPSA) is 53.1 Å². The number of fused-ring (bicyclic) bond motifs is 1. The Morgan fingerprint density at radius 3 is 2.43 bits per heavy atom. The average Bonchev–Trinajstić information content (AvgIpc) is 3.03. The summed E-state index contributed by atoms with van der Waals surface area (Å²) in [6.07, 6.45) is 1.94. The number of hydrogen-bond acceptors (Lipinski definition) is 5. The summed E-state index contributed by atoms with van der Waals surface area (Å²) in [5.74, 6) is 0.750. The normalized spacial score (nSPS) is 16.0. The van der Waals surface area contributed by atoms with E-state index in [0.29, 0.717) is 30.1 Å². The highest BCUT2D eigenvalue weighted by Crippen LogP contribution is 2.43. The summed E-state index contributed by atoms with van der Waals surface area (Å²) >= 11 is 1.46. The lowest BCUT2D eigenvalue weighted by atomic mass is 10.1. The van der Waals surface area contributed by atoms with Gasteiger partial charge in [0.2, 0.25) is 0 Å². The number of amides is 2. The first-order valence-electron chi connectivity index (χ1n) is 14.1. The van der Waals surface area contributed by atoms with E-state index in [0.717, 1.165) is 51.8 Å². The van der Waals surface area contributed by atoms with Crippen LogP contribution in [0.25, 0.3) is 6.08 Å². The zero-order valence-corrected chi connectivity index (χ0v) is 24.6. The van der Waals surface area contributed by atoms with Crippen LogP contribution in [0.4, 0.5) is 11.4 Å². The molecule has 2 aliphatic heterocycles. The van der Waals surface area contributed by atoms with Gasteiger partial charge in [-0.1, -0.05) is 78.0 Å². The van der Waals surface area contributed by atoms with Crippen LogP contribution in [-0.4, -0.2) is 50.0 Å². The molecule has 4 aromatic carbocycles. The lowest BCUT2D eigenvalue weighted by Gasteiger charge is -2.36. The summed E-state index contributed by atoms with van der Waals surface area (Å²) in [5, 5.41) is 0. The van der Waals surface area contributed by atoms with Crippen LogP contribution in [0.15, 0.2) is 107 Å². The molecule has 4 aromatic rings. The summed E-state index contributed by atoms with van der Waals surface area (Å²) in [7, 11) is 1.67. The number of piperazine rings is 1. The summed E-state index contributed by atoms with van der Waals surface area (Å²) in [4.78, 5) is 35.2. The Morgan fingerprint density at radius 2 is 1.67 bits per heavy atom. The third-order valence-electron chi connectivity index (χ3n) is 7.68. The summed E-state index contributed by atoms with van der Waals surface area (Å²) in [6, 6.07) is 31.9. The number of hydrogen-bond donors (Lipinski definition) is 0. The maximum Gasteiger partial charge on any atom is 0.265 e. The molecular formula is C35H33N3O3S. The highest BCUT2D eigenvalue weighted by Gasteiger charge is 2.31. The van der Waals surface area contributed by atoms with Crippen molar-refractivity contribution in [2.75, 3.05) is 43.1 Å². The molecule has 0 saturated carbocycles. The second-order valence-electron chi connectivity index (χ2n) is 10.6. The van der Waals surface area contributed by atoms with Crippen LogP contribution in [0, 0.1) is 6.92 Å². The van der Waals surface area contributed by atoms with Crippen LogP contribution in [0.5, 0.6) is 5.75 Å². The third-order valence-corrected chi connectivity index (χ3v) is 8.76. The van der Waals surface area contributed by atoms with Crippen molar-refractivity contribution in [3.8, 4) is 5.75 Å². The number of carbonyl (C=O) groups excluding carboxylic acids is 2. The molecule has 2 amide bonds. The summed E-state index contributed by atoms with van der Waals surface area (Å²) in [5.41, 5.74) is 5.64. The van der Waals surface area contributed by atoms with E-state index in [9.17, 15) is 9.59 Å². The van der Waals surface area contributed by atoms with Gasteiger partial charge in [-0.05, 0) is 54.5 Å². The molecule has 0 aromatic heterocycles. The molecule has 1 saturated heterocycles. The quantitative estimate of drug-likeness (QED) is 0.241. The molecule has 7 heteroatoms. The SMILES string of the molecule is COc1cccc(N2CCN(C(=O)c3ccc4c(c3)N(Cc3cccc(C)c3)C(=O)/C(=C/c3ccccc3)S4)CC2)c1. The third kappa shape index (κ3) is 5.92. The molecule has 6 rings (SSSR count). The van der Waals surface area contributed by atoms with Gasteiger partial charge in [-0.15, -0.1) is 0 Å². The fourth-order valence-corrected chi connectivity index (χ4v) is 6.49. The number of methoxy groups -OCH3 is 1. The maximum absolute atomic E-state index is 13.9. The van der Waals surface area contributed by atoms with Gasteiger partial charge >= 0.3 is 0 Å². The number of benzene rings is 4. The lowest BCUT2D eigenvalue weighted by Crippen LogP contribution is -2.48. The number of thioether (sulfide) groups is 1. The maximum atomic E-state index is 13.9. The van der Waals surface area contributed by atoms with Gasteiger partial charge in [0.1, 0.15) is 5.75 Å². The molecule has 0 atom stereocenters. The van der Waals surface area contributed by atoms with Crippen LogP contribution >= 0.6 is 11.8 Å². The van der Waals surface area contributed by atoms with Crippen molar-refractivity contribution in [1.82, 2.24) is 4.90 Å². The smallest absolute Gasteiger partial charge is 0.265 e. The predicted octanol–water partition coefficient (Wildman–Crippen LogP) is 6.65. The van der Waals surface area contributed by atoms with E-state index in [1.54, 1.807) is 7.11 Å². The first kappa shape index (κ1) is 27.7. The van der Waals surface area contributed by atoms with Crippen molar-refractivity contribution in [2.24, 2.45) is 0 Å². The van der Waals surface area contributed by atoms with Crippen LogP contribution in [0.2, 0.25) is 0 Å². The van der Waals surface area contributed by atoms with Crippen molar-refractivity contribution in [3.63, 3.8) is 0 Å². The minimum atomic E-state index is -0.0608. The fraction of sp³-hybridized carbons (Fsp3) is 0.200. The molecule has 42 heavy (non-hydrogen) atoms. The van der Waals surface area contributed by atoms with Gasteiger partial charge in [-0.2, -0.15) is 0 Å². The molecule has 2 aliphatic rings. The van der Waals surface area contributed by atoms with E-state index in [1.807, 2.05) is 94.7 Å². The minimum Gasteiger partial charge on any atom is -0.497 e. The number of rotatable bonds is 6.